The number of carbonyl (C=O) groups is 1. The Morgan fingerprint density at radius 3 is 2.68 bits per heavy atom. The van der Waals surface area contributed by atoms with Gasteiger partial charge in [-0.25, -0.2) is 0 Å². The largest absolute Gasteiger partial charge is 0.399 e. The first kappa shape index (κ1) is 15.9. The lowest BCUT2D eigenvalue weighted by atomic mass is 10.1. The van der Waals surface area contributed by atoms with Gasteiger partial charge < -0.3 is 11.1 Å². The second-order valence-corrected chi connectivity index (χ2v) is 6.10. The molecule has 0 fully saturated rings. The molecule has 0 aliphatic heterocycles. The van der Waals surface area contributed by atoms with Crippen LogP contribution < -0.4 is 11.1 Å². The van der Waals surface area contributed by atoms with Crippen molar-refractivity contribution < 1.29 is 4.79 Å². The van der Waals surface area contributed by atoms with E-state index in [4.69, 9.17) is 5.73 Å². The molecular formula is C15H24N2OS. The molecule has 0 radical (unpaired) electrons. The lowest BCUT2D eigenvalue weighted by Crippen LogP contribution is -2.32. The van der Waals surface area contributed by atoms with Gasteiger partial charge in [-0.15, -0.1) is 11.8 Å². The van der Waals surface area contributed by atoms with E-state index in [-0.39, 0.29) is 11.2 Å². The number of unbranched alkanes of at least 4 members (excludes halogenated alkanes) is 1. The van der Waals surface area contributed by atoms with Gasteiger partial charge in [0, 0.05) is 12.2 Å². The number of rotatable bonds is 8. The molecule has 106 valence electrons. The van der Waals surface area contributed by atoms with Crippen LogP contribution >= 0.6 is 11.8 Å². The van der Waals surface area contributed by atoms with Gasteiger partial charge in [-0.3, -0.25) is 4.79 Å². The molecule has 0 aromatic heterocycles. The van der Waals surface area contributed by atoms with E-state index < -0.39 is 0 Å². The van der Waals surface area contributed by atoms with E-state index in [1.165, 1.54) is 18.4 Å². The molecule has 4 heteroatoms. The van der Waals surface area contributed by atoms with Crippen molar-refractivity contribution in [3.63, 3.8) is 0 Å². The first-order chi connectivity index (χ1) is 9.13. The van der Waals surface area contributed by atoms with E-state index >= 15 is 0 Å². The van der Waals surface area contributed by atoms with Gasteiger partial charge in [0.25, 0.3) is 0 Å². The van der Waals surface area contributed by atoms with Crippen molar-refractivity contribution >= 4 is 23.4 Å². The van der Waals surface area contributed by atoms with Gasteiger partial charge >= 0.3 is 0 Å². The molecule has 19 heavy (non-hydrogen) atoms. The Bertz CT molecular complexity index is 378. The van der Waals surface area contributed by atoms with Crippen LogP contribution in [0.1, 0.15) is 32.3 Å². The van der Waals surface area contributed by atoms with Crippen molar-refractivity contribution in [2.75, 3.05) is 18.0 Å². The summed E-state index contributed by atoms with van der Waals surface area (Å²) in [5.41, 5.74) is 7.60. The quantitative estimate of drug-likeness (QED) is 0.569. The summed E-state index contributed by atoms with van der Waals surface area (Å²) in [4.78, 5) is 11.8. The molecule has 0 heterocycles. The highest BCUT2D eigenvalue weighted by molar-refractivity contribution is 8.00. The van der Waals surface area contributed by atoms with Crippen LogP contribution in [-0.2, 0) is 11.2 Å². The van der Waals surface area contributed by atoms with Crippen molar-refractivity contribution in [2.45, 2.75) is 38.4 Å². The third-order valence-electron chi connectivity index (χ3n) is 2.93. The number of amides is 1. The maximum Gasteiger partial charge on any atom is 0.232 e. The minimum Gasteiger partial charge on any atom is -0.399 e. The fraction of sp³-hybridized carbons (Fsp3) is 0.533. The van der Waals surface area contributed by atoms with Gasteiger partial charge in [0.1, 0.15) is 0 Å². The molecule has 1 unspecified atom stereocenters. The number of carbonyl (C=O) groups excluding carboxylic acids is 1. The van der Waals surface area contributed by atoms with Gasteiger partial charge in [0.2, 0.25) is 5.91 Å². The van der Waals surface area contributed by atoms with Gasteiger partial charge in [-0.1, -0.05) is 25.5 Å². The van der Waals surface area contributed by atoms with Crippen molar-refractivity contribution in [3.05, 3.63) is 29.8 Å². The van der Waals surface area contributed by atoms with Gasteiger partial charge in [0.05, 0.1) is 5.25 Å². The summed E-state index contributed by atoms with van der Waals surface area (Å²) >= 11 is 1.73. The number of hydrogen-bond donors (Lipinski definition) is 2. The van der Waals surface area contributed by atoms with E-state index in [0.29, 0.717) is 6.54 Å². The van der Waals surface area contributed by atoms with Gasteiger partial charge in [-0.2, -0.15) is 0 Å². The van der Waals surface area contributed by atoms with E-state index in [9.17, 15) is 4.79 Å². The number of benzene rings is 1. The van der Waals surface area contributed by atoms with Crippen molar-refractivity contribution in [1.82, 2.24) is 5.32 Å². The summed E-state index contributed by atoms with van der Waals surface area (Å²) in [5.74, 6) is 1.19. The van der Waals surface area contributed by atoms with Crippen molar-refractivity contribution in [3.8, 4) is 0 Å². The summed E-state index contributed by atoms with van der Waals surface area (Å²) in [6, 6.07) is 7.78. The highest BCUT2D eigenvalue weighted by atomic mass is 32.2. The third-order valence-corrected chi connectivity index (χ3v) is 4.17. The molecule has 3 nitrogen and oxygen atoms in total. The Morgan fingerprint density at radius 2 is 2.05 bits per heavy atom. The summed E-state index contributed by atoms with van der Waals surface area (Å²) in [6.07, 6.45) is 3.20. The smallest absolute Gasteiger partial charge is 0.232 e. The molecule has 0 spiro atoms. The summed E-state index contributed by atoms with van der Waals surface area (Å²) < 4.78 is 0. The summed E-state index contributed by atoms with van der Waals surface area (Å²) in [5, 5.41) is 3.02. The van der Waals surface area contributed by atoms with Crippen LogP contribution in [0.3, 0.4) is 0 Å². The van der Waals surface area contributed by atoms with E-state index in [1.807, 2.05) is 31.2 Å². The molecule has 0 bridgehead atoms. The summed E-state index contributed by atoms with van der Waals surface area (Å²) in [6.45, 7) is 4.82. The molecule has 1 amide bonds. The summed E-state index contributed by atoms with van der Waals surface area (Å²) in [7, 11) is 0. The first-order valence-electron chi connectivity index (χ1n) is 6.87. The molecule has 0 saturated carbocycles. The van der Waals surface area contributed by atoms with Crippen molar-refractivity contribution in [1.29, 1.82) is 0 Å². The van der Waals surface area contributed by atoms with E-state index in [1.54, 1.807) is 11.8 Å². The number of nitrogen functional groups attached to an aromatic ring is 1. The highest BCUT2D eigenvalue weighted by Crippen LogP contribution is 2.12. The highest BCUT2D eigenvalue weighted by Gasteiger charge is 2.11. The Labute approximate surface area is 120 Å². The SMILES string of the molecule is CCCCSC(C)C(=O)NCCc1ccc(N)cc1. The van der Waals surface area contributed by atoms with Crippen LogP contribution in [0.5, 0.6) is 0 Å². The zero-order valence-corrected chi connectivity index (χ0v) is 12.6. The maximum atomic E-state index is 11.8. The van der Waals surface area contributed by atoms with E-state index in [2.05, 4.69) is 12.2 Å². The lowest BCUT2D eigenvalue weighted by molar-refractivity contribution is -0.120. The monoisotopic (exact) mass is 280 g/mol. The lowest BCUT2D eigenvalue weighted by Gasteiger charge is -2.11. The van der Waals surface area contributed by atoms with E-state index in [0.717, 1.165) is 17.9 Å². The average Bonchev–Trinajstić information content (AvgIpc) is 2.41. The number of nitrogens with two attached hydrogens (primary N) is 1. The van der Waals surface area contributed by atoms with Gasteiger partial charge in [0.15, 0.2) is 0 Å². The molecule has 1 aromatic carbocycles. The molecule has 0 saturated heterocycles. The average molecular weight is 280 g/mol. The second kappa shape index (κ2) is 8.86. The predicted octanol–water partition coefficient (Wildman–Crippen LogP) is 2.85. The number of nitrogens with one attached hydrogen (secondary N) is 1. The van der Waals surface area contributed by atoms with Crippen molar-refractivity contribution in [2.24, 2.45) is 0 Å². The molecule has 0 aliphatic rings. The zero-order chi connectivity index (χ0) is 14.1. The Morgan fingerprint density at radius 1 is 1.37 bits per heavy atom. The van der Waals surface area contributed by atoms with Crippen LogP contribution in [0.4, 0.5) is 5.69 Å². The molecule has 1 atom stereocenters. The predicted molar refractivity (Wildman–Crippen MR) is 84.4 cm³/mol. The number of thioether (sulfide) groups is 1. The number of anilines is 1. The van der Waals surface area contributed by atoms with Crippen LogP contribution in [-0.4, -0.2) is 23.5 Å². The Hall–Kier alpha value is -1.16. The minimum atomic E-state index is 0.0398. The maximum absolute atomic E-state index is 11.8. The Balaban J connectivity index is 2.21. The minimum absolute atomic E-state index is 0.0398. The molecular weight excluding hydrogens is 256 g/mol. The fourth-order valence-electron chi connectivity index (χ4n) is 1.64. The van der Waals surface area contributed by atoms with Crippen LogP contribution in [0.2, 0.25) is 0 Å². The standard InChI is InChI=1S/C15H24N2OS/c1-3-4-11-19-12(2)15(18)17-10-9-13-5-7-14(16)8-6-13/h5-8,12H,3-4,9-11,16H2,1-2H3,(H,17,18). The topological polar surface area (TPSA) is 55.1 Å². The normalized spacial score (nSPS) is 12.1. The second-order valence-electron chi connectivity index (χ2n) is 4.65. The van der Waals surface area contributed by atoms with Crippen LogP contribution in [0, 0.1) is 0 Å². The number of hydrogen-bond acceptors (Lipinski definition) is 3. The Kier molecular flexibility index (Phi) is 7.41. The fourth-order valence-corrected chi connectivity index (χ4v) is 2.68. The zero-order valence-electron chi connectivity index (χ0n) is 11.8. The molecule has 1 aromatic rings. The molecule has 3 N–H and O–H groups in total. The van der Waals surface area contributed by atoms with Crippen LogP contribution in [0.15, 0.2) is 24.3 Å². The van der Waals surface area contributed by atoms with Gasteiger partial charge in [-0.05, 0) is 43.2 Å². The van der Waals surface area contributed by atoms with Crippen LogP contribution in [0.25, 0.3) is 0 Å². The first-order valence-corrected chi connectivity index (χ1v) is 7.92. The molecule has 1 rings (SSSR count). The third kappa shape index (κ3) is 6.53. The molecule has 0 aliphatic carbocycles.